The summed E-state index contributed by atoms with van der Waals surface area (Å²) in [5, 5.41) is 14.2. The zero-order valence-corrected chi connectivity index (χ0v) is 12.0. The Morgan fingerprint density at radius 3 is 2.45 bits per heavy atom. The molecule has 1 atom stereocenters. The van der Waals surface area contributed by atoms with Crippen LogP contribution >= 0.6 is 11.6 Å². The Bertz CT molecular complexity index is 495. The van der Waals surface area contributed by atoms with E-state index < -0.39 is 17.8 Å². The normalized spacial score (nSPS) is 13.2. The molecule has 0 heterocycles. The van der Waals surface area contributed by atoms with Gasteiger partial charge in [0, 0.05) is 10.6 Å². The molecule has 0 aromatic heterocycles. The highest BCUT2D eigenvalue weighted by Gasteiger charge is 2.36. The molecule has 0 aliphatic rings. The second-order valence-corrected chi connectivity index (χ2v) is 4.42. The molecule has 6 nitrogen and oxygen atoms in total. The molecule has 0 aliphatic heterocycles. The number of carbonyl (C=O) groups is 2. The van der Waals surface area contributed by atoms with Crippen molar-refractivity contribution in [3.8, 4) is 0 Å². The molecule has 1 rings (SSSR count). The minimum atomic E-state index is -1.34. The van der Waals surface area contributed by atoms with Gasteiger partial charge in [0.1, 0.15) is 5.66 Å². The van der Waals surface area contributed by atoms with Gasteiger partial charge in [-0.15, -0.1) is 0 Å². The van der Waals surface area contributed by atoms with Gasteiger partial charge in [-0.05, 0) is 19.4 Å². The van der Waals surface area contributed by atoms with E-state index in [2.05, 4.69) is 10.6 Å². The Balaban J connectivity index is 3.21. The Morgan fingerprint density at radius 2 is 1.95 bits per heavy atom. The largest absolute Gasteiger partial charge is 0.465 e. The smallest absolute Gasteiger partial charge is 0.409 e. The van der Waals surface area contributed by atoms with Gasteiger partial charge in [-0.3, -0.25) is 10.6 Å². The van der Waals surface area contributed by atoms with E-state index in [0.29, 0.717) is 10.6 Å². The van der Waals surface area contributed by atoms with Crippen molar-refractivity contribution in [1.29, 1.82) is 0 Å². The summed E-state index contributed by atoms with van der Waals surface area (Å²) >= 11 is 6.11. The first kappa shape index (κ1) is 16.1. The number of hydrogen-bond donors (Lipinski definition) is 3. The van der Waals surface area contributed by atoms with Gasteiger partial charge in [-0.25, -0.2) is 9.59 Å². The van der Waals surface area contributed by atoms with Crippen molar-refractivity contribution in [2.24, 2.45) is 0 Å². The molecule has 0 spiro atoms. The predicted molar refractivity (Wildman–Crippen MR) is 74.7 cm³/mol. The van der Waals surface area contributed by atoms with Crippen LogP contribution in [0.15, 0.2) is 24.3 Å². The van der Waals surface area contributed by atoms with Crippen LogP contribution in [-0.4, -0.2) is 23.9 Å². The second kappa shape index (κ2) is 7.00. The van der Waals surface area contributed by atoms with Crippen LogP contribution in [0.4, 0.5) is 9.59 Å². The maximum atomic E-state index is 11.7. The summed E-state index contributed by atoms with van der Waals surface area (Å²) in [4.78, 5) is 22.7. The van der Waals surface area contributed by atoms with Gasteiger partial charge < -0.3 is 9.84 Å². The molecule has 1 aromatic carbocycles. The first-order valence-electron chi connectivity index (χ1n) is 6.16. The van der Waals surface area contributed by atoms with E-state index in [0.717, 1.165) is 0 Å². The number of amides is 2. The second-order valence-electron chi connectivity index (χ2n) is 4.01. The molecule has 0 fully saturated rings. The van der Waals surface area contributed by atoms with Crippen molar-refractivity contribution < 1.29 is 19.4 Å². The van der Waals surface area contributed by atoms with E-state index >= 15 is 0 Å². The lowest BCUT2D eigenvalue weighted by Crippen LogP contribution is -2.57. The fraction of sp³-hybridized carbons (Fsp3) is 0.385. The Hall–Kier alpha value is -1.95. The minimum absolute atomic E-state index is 0.182. The number of halogens is 1. The maximum absolute atomic E-state index is 11.7. The molecule has 0 bridgehead atoms. The van der Waals surface area contributed by atoms with Crippen molar-refractivity contribution in [3.63, 3.8) is 0 Å². The van der Waals surface area contributed by atoms with E-state index in [9.17, 15) is 9.59 Å². The summed E-state index contributed by atoms with van der Waals surface area (Å²) in [6.07, 6.45) is -1.73. The highest BCUT2D eigenvalue weighted by Crippen LogP contribution is 2.29. The van der Waals surface area contributed by atoms with Crippen molar-refractivity contribution in [3.05, 3.63) is 34.9 Å². The fourth-order valence-electron chi connectivity index (χ4n) is 1.86. The molecular formula is C13H17ClN2O4. The fourth-order valence-corrected chi connectivity index (χ4v) is 2.16. The molecule has 20 heavy (non-hydrogen) atoms. The predicted octanol–water partition coefficient (Wildman–Crippen LogP) is 2.92. The van der Waals surface area contributed by atoms with Crippen LogP contribution in [0.1, 0.15) is 25.8 Å². The highest BCUT2D eigenvalue weighted by molar-refractivity contribution is 6.31. The van der Waals surface area contributed by atoms with Gasteiger partial charge in [0.25, 0.3) is 0 Å². The van der Waals surface area contributed by atoms with Gasteiger partial charge in [-0.1, -0.05) is 36.7 Å². The SMILES string of the molecule is CCOC(=O)NC(CC)(NC(=O)O)c1ccccc1Cl. The van der Waals surface area contributed by atoms with Crippen molar-refractivity contribution in [1.82, 2.24) is 10.6 Å². The Morgan fingerprint density at radius 1 is 1.30 bits per heavy atom. The van der Waals surface area contributed by atoms with Gasteiger partial charge >= 0.3 is 12.2 Å². The molecule has 1 aromatic rings. The number of carbonyl (C=O) groups excluding carboxylic acids is 1. The van der Waals surface area contributed by atoms with Crippen LogP contribution < -0.4 is 10.6 Å². The molecule has 110 valence electrons. The highest BCUT2D eigenvalue weighted by atomic mass is 35.5. The Labute approximate surface area is 122 Å². The monoisotopic (exact) mass is 300 g/mol. The number of alkyl carbamates (subject to hydrolysis) is 1. The van der Waals surface area contributed by atoms with Crippen LogP contribution in [-0.2, 0) is 10.4 Å². The van der Waals surface area contributed by atoms with E-state index in [1.165, 1.54) is 0 Å². The Kier molecular flexibility index (Phi) is 5.64. The van der Waals surface area contributed by atoms with E-state index in [1.807, 2.05) is 0 Å². The van der Waals surface area contributed by atoms with Crippen LogP contribution in [0.5, 0.6) is 0 Å². The van der Waals surface area contributed by atoms with E-state index in [-0.39, 0.29) is 13.0 Å². The molecule has 3 N–H and O–H groups in total. The molecular weight excluding hydrogens is 284 g/mol. The van der Waals surface area contributed by atoms with Gasteiger partial charge in [-0.2, -0.15) is 0 Å². The molecule has 0 radical (unpaired) electrons. The third kappa shape index (κ3) is 3.77. The van der Waals surface area contributed by atoms with E-state index in [4.69, 9.17) is 21.4 Å². The lowest BCUT2D eigenvalue weighted by atomic mass is 9.96. The summed E-state index contributed by atoms with van der Waals surface area (Å²) in [5.41, 5.74) is -0.879. The summed E-state index contributed by atoms with van der Waals surface area (Å²) in [6, 6.07) is 6.70. The number of nitrogens with one attached hydrogen (secondary N) is 2. The van der Waals surface area contributed by atoms with Crippen LogP contribution in [0.25, 0.3) is 0 Å². The average Bonchev–Trinajstić information content (AvgIpc) is 2.38. The number of ether oxygens (including phenoxy) is 1. The molecule has 2 amide bonds. The first-order chi connectivity index (χ1) is 9.45. The summed E-state index contributed by atoms with van der Waals surface area (Å²) in [5.74, 6) is 0. The first-order valence-corrected chi connectivity index (χ1v) is 6.54. The number of benzene rings is 1. The number of carboxylic acid groups (broad SMARTS) is 1. The van der Waals surface area contributed by atoms with Crippen molar-refractivity contribution in [2.75, 3.05) is 6.61 Å². The number of hydrogen-bond acceptors (Lipinski definition) is 3. The third-order valence-electron chi connectivity index (χ3n) is 2.78. The molecule has 1 unspecified atom stereocenters. The minimum Gasteiger partial charge on any atom is -0.465 e. The lowest BCUT2D eigenvalue weighted by molar-refractivity contribution is 0.124. The summed E-state index contributed by atoms with van der Waals surface area (Å²) < 4.78 is 4.82. The van der Waals surface area contributed by atoms with Gasteiger partial charge in [0.05, 0.1) is 6.61 Å². The van der Waals surface area contributed by atoms with Crippen LogP contribution in [0, 0.1) is 0 Å². The summed E-state index contributed by atoms with van der Waals surface area (Å²) in [6.45, 7) is 3.57. The quantitative estimate of drug-likeness (QED) is 0.730. The topological polar surface area (TPSA) is 87.7 Å². The zero-order valence-electron chi connectivity index (χ0n) is 11.3. The van der Waals surface area contributed by atoms with Crippen LogP contribution in [0.3, 0.4) is 0 Å². The number of rotatable bonds is 5. The molecule has 0 saturated carbocycles. The van der Waals surface area contributed by atoms with Gasteiger partial charge in [0.2, 0.25) is 0 Å². The van der Waals surface area contributed by atoms with E-state index in [1.54, 1.807) is 38.1 Å². The van der Waals surface area contributed by atoms with Gasteiger partial charge in [0.15, 0.2) is 0 Å². The zero-order chi connectivity index (χ0) is 15.2. The standard InChI is InChI=1S/C13H17ClN2O4/c1-3-13(15-11(17)18,16-12(19)20-4-2)9-7-5-6-8-10(9)14/h5-8,15H,3-4H2,1-2H3,(H,16,19)(H,17,18). The maximum Gasteiger partial charge on any atom is 0.409 e. The lowest BCUT2D eigenvalue weighted by Gasteiger charge is -2.34. The third-order valence-corrected chi connectivity index (χ3v) is 3.10. The van der Waals surface area contributed by atoms with Crippen molar-refractivity contribution in [2.45, 2.75) is 25.9 Å². The molecule has 0 saturated heterocycles. The van der Waals surface area contributed by atoms with Crippen molar-refractivity contribution >= 4 is 23.8 Å². The average molecular weight is 301 g/mol. The van der Waals surface area contributed by atoms with Crippen LogP contribution in [0.2, 0.25) is 5.02 Å². The summed E-state index contributed by atoms with van der Waals surface area (Å²) in [7, 11) is 0. The molecule has 0 aliphatic carbocycles. The molecule has 7 heteroatoms.